The zero-order chi connectivity index (χ0) is 25.7. The fraction of sp³-hybridized carbons (Fsp3) is 0.550. The van der Waals surface area contributed by atoms with E-state index in [4.69, 9.17) is 14.9 Å². The smallest absolute Gasteiger partial charge is 0.258 e. The van der Waals surface area contributed by atoms with E-state index in [1.807, 2.05) is 45.2 Å². The molecule has 2 rings (SSSR count). The van der Waals surface area contributed by atoms with Crippen molar-refractivity contribution in [2.75, 3.05) is 58.9 Å². The van der Waals surface area contributed by atoms with Crippen molar-refractivity contribution < 1.29 is 44.7 Å². The summed E-state index contributed by atoms with van der Waals surface area (Å²) in [6.45, 7) is -2.20. The van der Waals surface area contributed by atoms with Crippen molar-refractivity contribution >= 4 is 68.6 Å². The maximum atomic E-state index is 13.4. The molecule has 3 amide bonds. The van der Waals surface area contributed by atoms with Crippen LogP contribution in [0.15, 0.2) is 0 Å². The molecule has 0 aliphatic carbocycles. The van der Waals surface area contributed by atoms with Gasteiger partial charge in [-0.1, -0.05) is 0 Å². The Balaban J connectivity index is 2.69. The third kappa shape index (κ3) is 6.27. The molecule has 0 saturated heterocycles. The van der Waals surface area contributed by atoms with Gasteiger partial charge in [0.1, 0.15) is 6.61 Å². The van der Waals surface area contributed by atoms with Gasteiger partial charge in [0.25, 0.3) is 11.8 Å². The van der Waals surface area contributed by atoms with E-state index in [2.05, 4.69) is 5.32 Å². The van der Waals surface area contributed by atoms with Gasteiger partial charge in [-0.05, 0) is 45.2 Å². The number of halogens is 2. The number of fused-ring (bicyclic) bond motifs is 1. The van der Waals surface area contributed by atoms with Gasteiger partial charge in [-0.2, -0.15) is 0 Å². The molecule has 34 heavy (non-hydrogen) atoms. The molecule has 1 aliphatic rings. The van der Waals surface area contributed by atoms with Crippen LogP contribution in [0.2, 0.25) is 0 Å². The Hall–Kier alpha value is -1.31. The first-order chi connectivity index (χ1) is 16.0. The Kier molecular flexibility index (Phi) is 10.7. The summed E-state index contributed by atoms with van der Waals surface area (Å²) >= 11 is 3.67. The second kappa shape index (κ2) is 12.6. The summed E-state index contributed by atoms with van der Waals surface area (Å²) in [5, 5.41) is 50.0. The van der Waals surface area contributed by atoms with Crippen LogP contribution in [0.4, 0.5) is 5.69 Å². The fourth-order valence-electron chi connectivity index (χ4n) is 3.22. The zero-order valence-corrected chi connectivity index (χ0v) is 22.8. The standard InChI is InChI=1S/C20H27I2N3O9/c1-24(3-10(29)6-27)19(32)12-14(21)13(20(33)25(2)4-11(30)7-28)17-16(15(12)22)23-18(31)9(5-26)8-34-17/h9-11,26-30H,3-8H2,1-2H3,(H,23,31). The topological polar surface area (TPSA) is 180 Å². The Bertz CT molecular complexity index is 947. The van der Waals surface area contributed by atoms with E-state index < -0.39 is 55.7 Å². The third-order valence-electron chi connectivity index (χ3n) is 5.11. The van der Waals surface area contributed by atoms with Crippen molar-refractivity contribution in [2.24, 2.45) is 5.92 Å². The predicted molar refractivity (Wildman–Crippen MR) is 137 cm³/mol. The van der Waals surface area contributed by atoms with Gasteiger partial charge in [0, 0.05) is 30.8 Å². The van der Waals surface area contributed by atoms with E-state index in [9.17, 15) is 29.7 Å². The van der Waals surface area contributed by atoms with E-state index in [1.54, 1.807) is 0 Å². The molecule has 1 aromatic carbocycles. The molecule has 190 valence electrons. The van der Waals surface area contributed by atoms with Gasteiger partial charge in [0.15, 0.2) is 5.75 Å². The number of aliphatic hydroxyl groups excluding tert-OH is 5. The normalized spacial score (nSPS) is 17.1. The lowest BCUT2D eigenvalue weighted by atomic mass is 10.0. The number of likely N-dealkylation sites (N-methyl/N-ethyl adjacent to an activating group) is 2. The van der Waals surface area contributed by atoms with Crippen molar-refractivity contribution in [1.82, 2.24) is 9.80 Å². The van der Waals surface area contributed by atoms with E-state index in [0.29, 0.717) is 0 Å². The molecule has 3 unspecified atom stereocenters. The van der Waals surface area contributed by atoms with E-state index in [-0.39, 0.29) is 49.4 Å². The molecule has 0 saturated carbocycles. The van der Waals surface area contributed by atoms with Crippen LogP contribution >= 0.6 is 45.2 Å². The quantitative estimate of drug-likeness (QED) is 0.170. The van der Waals surface area contributed by atoms with Gasteiger partial charge in [0.05, 0.1) is 58.3 Å². The molecule has 0 radical (unpaired) electrons. The fourth-order valence-corrected chi connectivity index (χ4v) is 5.59. The summed E-state index contributed by atoms with van der Waals surface area (Å²) < 4.78 is 6.28. The molecule has 0 spiro atoms. The summed E-state index contributed by atoms with van der Waals surface area (Å²) in [5.74, 6) is -2.64. The SMILES string of the molecule is CN(CC(O)CO)C(=O)c1c(I)c2c(c(C(=O)N(C)CC(O)CO)c1I)OCC(CO)C(=O)N2. The van der Waals surface area contributed by atoms with E-state index in [0.717, 1.165) is 4.90 Å². The van der Waals surface area contributed by atoms with Gasteiger partial charge < -0.3 is 45.4 Å². The first-order valence-electron chi connectivity index (χ1n) is 10.2. The molecule has 6 N–H and O–H groups in total. The third-order valence-corrected chi connectivity index (χ3v) is 7.27. The molecule has 0 aromatic heterocycles. The van der Waals surface area contributed by atoms with Crippen molar-refractivity contribution in [3.8, 4) is 5.75 Å². The van der Waals surface area contributed by atoms with Crippen LogP contribution in [-0.4, -0.2) is 119 Å². The van der Waals surface area contributed by atoms with Gasteiger partial charge in [-0.3, -0.25) is 14.4 Å². The Morgan fingerprint density at radius 2 is 1.50 bits per heavy atom. The maximum absolute atomic E-state index is 13.4. The minimum Gasteiger partial charge on any atom is -0.490 e. The number of nitrogens with zero attached hydrogens (tertiary/aromatic N) is 2. The molecule has 14 heteroatoms. The average Bonchev–Trinajstić information content (AvgIpc) is 2.97. The van der Waals surface area contributed by atoms with Crippen molar-refractivity contribution in [3.05, 3.63) is 18.3 Å². The monoisotopic (exact) mass is 707 g/mol. The van der Waals surface area contributed by atoms with Crippen molar-refractivity contribution in [1.29, 1.82) is 0 Å². The lowest BCUT2D eigenvalue weighted by Crippen LogP contribution is -2.38. The lowest BCUT2D eigenvalue weighted by molar-refractivity contribution is -0.121. The average molecular weight is 707 g/mol. The van der Waals surface area contributed by atoms with Crippen LogP contribution in [0.5, 0.6) is 5.75 Å². The minimum absolute atomic E-state index is 0.0167. The summed E-state index contributed by atoms with van der Waals surface area (Å²) in [4.78, 5) is 41.6. The minimum atomic E-state index is -1.19. The zero-order valence-electron chi connectivity index (χ0n) is 18.5. The molecular formula is C20H27I2N3O9. The van der Waals surface area contributed by atoms with Crippen molar-refractivity contribution in [3.63, 3.8) is 0 Å². The summed E-state index contributed by atoms with van der Waals surface area (Å²) in [6.07, 6.45) is -2.37. The second-order valence-corrected chi connectivity index (χ2v) is 9.96. The molecule has 1 aromatic rings. The molecule has 1 heterocycles. The first kappa shape index (κ1) is 28.9. The number of benzene rings is 1. The maximum Gasteiger partial charge on any atom is 0.258 e. The van der Waals surface area contributed by atoms with Crippen LogP contribution < -0.4 is 10.1 Å². The predicted octanol–water partition coefficient (Wildman–Crippen LogP) is -1.31. The Morgan fingerprint density at radius 1 is 1.00 bits per heavy atom. The number of nitrogens with one attached hydrogen (secondary N) is 1. The number of anilines is 1. The molecule has 3 atom stereocenters. The second-order valence-electron chi connectivity index (χ2n) is 7.81. The molecular weight excluding hydrogens is 680 g/mol. The Labute approximate surface area is 223 Å². The molecule has 12 nitrogen and oxygen atoms in total. The Morgan fingerprint density at radius 3 is 1.97 bits per heavy atom. The summed E-state index contributed by atoms with van der Waals surface area (Å²) in [6, 6.07) is 0. The number of rotatable bonds is 9. The molecule has 0 bridgehead atoms. The highest BCUT2D eigenvalue weighted by molar-refractivity contribution is 14.1. The number of carbonyl (C=O) groups is 3. The highest BCUT2D eigenvalue weighted by Gasteiger charge is 2.36. The summed E-state index contributed by atoms with van der Waals surface area (Å²) in [5.41, 5.74) is 0.112. The number of hydrogen-bond donors (Lipinski definition) is 6. The van der Waals surface area contributed by atoms with Gasteiger partial charge in [0.2, 0.25) is 5.91 Å². The van der Waals surface area contributed by atoms with Crippen LogP contribution in [0.25, 0.3) is 0 Å². The molecule has 0 fully saturated rings. The van der Waals surface area contributed by atoms with Gasteiger partial charge in [-0.25, -0.2) is 0 Å². The number of ether oxygens (including phenoxy) is 1. The largest absolute Gasteiger partial charge is 0.490 e. The van der Waals surface area contributed by atoms with Crippen molar-refractivity contribution in [2.45, 2.75) is 12.2 Å². The van der Waals surface area contributed by atoms with Crippen LogP contribution in [0, 0.1) is 13.1 Å². The van der Waals surface area contributed by atoms with Crippen LogP contribution in [-0.2, 0) is 4.79 Å². The number of carbonyl (C=O) groups excluding carboxylic acids is 3. The first-order valence-corrected chi connectivity index (χ1v) is 12.3. The van der Waals surface area contributed by atoms with Gasteiger partial charge >= 0.3 is 0 Å². The highest BCUT2D eigenvalue weighted by Crippen LogP contribution is 2.42. The number of hydrogen-bond acceptors (Lipinski definition) is 9. The highest BCUT2D eigenvalue weighted by atomic mass is 127. The lowest BCUT2D eigenvalue weighted by Gasteiger charge is -2.26. The van der Waals surface area contributed by atoms with E-state index in [1.165, 1.54) is 19.0 Å². The number of aliphatic hydroxyl groups is 5. The molecule has 1 aliphatic heterocycles. The summed E-state index contributed by atoms with van der Waals surface area (Å²) in [7, 11) is 2.82. The van der Waals surface area contributed by atoms with Crippen LogP contribution in [0.1, 0.15) is 20.7 Å². The van der Waals surface area contributed by atoms with Gasteiger partial charge in [-0.15, -0.1) is 0 Å². The van der Waals surface area contributed by atoms with E-state index >= 15 is 0 Å². The number of amides is 3. The van der Waals surface area contributed by atoms with Crippen LogP contribution in [0.3, 0.4) is 0 Å².